The number of nitrogens with zero attached hydrogens (tertiary/aromatic N) is 3. The highest BCUT2D eigenvalue weighted by Crippen LogP contribution is 2.15. The Morgan fingerprint density at radius 3 is 2.94 bits per heavy atom. The number of primary amides is 1. The van der Waals surface area contributed by atoms with E-state index < -0.39 is 0 Å². The van der Waals surface area contributed by atoms with Crippen molar-refractivity contribution in [1.82, 2.24) is 14.7 Å². The van der Waals surface area contributed by atoms with E-state index in [0.29, 0.717) is 5.82 Å². The van der Waals surface area contributed by atoms with Crippen molar-refractivity contribution in [2.45, 2.75) is 19.4 Å². The van der Waals surface area contributed by atoms with E-state index in [9.17, 15) is 4.79 Å². The molecule has 1 fully saturated rings. The van der Waals surface area contributed by atoms with E-state index in [2.05, 4.69) is 10.00 Å². The predicted molar refractivity (Wildman–Crippen MR) is 65.0 cm³/mol. The van der Waals surface area contributed by atoms with Gasteiger partial charge in [0, 0.05) is 19.3 Å². The molecule has 1 amide bonds. The summed E-state index contributed by atoms with van der Waals surface area (Å²) in [6.45, 7) is 3.60. The molecule has 6 nitrogen and oxygen atoms in total. The molecule has 1 unspecified atom stereocenters. The maximum absolute atomic E-state index is 11.0. The average molecular weight is 237 g/mol. The van der Waals surface area contributed by atoms with Crippen LogP contribution in [0.5, 0.6) is 0 Å². The van der Waals surface area contributed by atoms with Crippen LogP contribution in [0.15, 0.2) is 12.3 Å². The van der Waals surface area contributed by atoms with Gasteiger partial charge >= 0.3 is 0 Å². The van der Waals surface area contributed by atoms with Crippen LogP contribution in [0.1, 0.15) is 12.8 Å². The molecule has 0 radical (unpaired) electrons. The topological polar surface area (TPSA) is 90.2 Å². The third-order valence-electron chi connectivity index (χ3n) is 3.20. The number of hydrogen-bond donors (Lipinski definition) is 2. The molecule has 2 heterocycles. The van der Waals surface area contributed by atoms with E-state index in [0.717, 1.165) is 39.0 Å². The molecule has 2 rings (SSSR count). The van der Waals surface area contributed by atoms with Gasteiger partial charge in [-0.3, -0.25) is 9.48 Å². The highest BCUT2D eigenvalue weighted by molar-refractivity contribution is 5.77. The molecular weight excluding hydrogens is 218 g/mol. The summed E-state index contributed by atoms with van der Waals surface area (Å²) in [5.74, 6) is 0.419. The molecule has 94 valence electrons. The summed E-state index contributed by atoms with van der Waals surface area (Å²) in [5.41, 5.74) is 10.8. The minimum absolute atomic E-state index is 0.0374. The van der Waals surface area contributed by atoms with Gasteiger partial charge in [-0.15, -0.1) is 0 Å². The third kappa shape index (κ3) is 3.20. The van der Waals surface area contributed by atoms with Crippen molar-refractivity contribution in [2.75, 3.05) is 25.4 Å². The molecular formula is C11H19N5O. The van der Waals surface area contributed by atoms with E-state index >= 15 is 0 Å². The first-order valence-electron chi connectivity index (χ1n) is 5.96. The van der Waals surface area contributed by atoms with Crippen LogP contribution in [0.25, 0.3) is 0 Å². The van der Waals surface area contributed by atoms with Crippen LogP contribution in [-0.2, 0) is 11.3 Å². The molecule has 1 atom stereocenters. The number of rotatable bonds is 5. The molecule has 17 heavy (non-hydrogen) atoms. The van der Waals surface area contributed by atoms with E-state index in [1.807, 2.05) is 10.9 Å². The predicted octanol–water partition coefficient (Wildman–Crippen LogP) is -0.337. The van der Waals surface area contributed by atoms with Crippen molar-refractivity contribution in [3.8, 4) is 0 Å². The molecule has 0 aliphatic carbocycles. The highest BCUT2D eigenvalue weighted by Gasteiger charge is 2.25. The normalized spacial score (nSPS) is 20.8. The smallest absolute Gasteiger partial charge is 0.221 e. The Labute approximate surface area is 101 Å². The first-order chi connectivity index (χ1) is 8.15. The fraction of sp³-hybridized carbons (Fsp3) is 0.636. The summed E-state index contributed by atoms with van der Waals surface area (Å²) in [7, 11) is 0. The lowest BCUT2D eigenvalue weighted by atomic mass is 10.1. The molecule has 6 heteroatoms. The monoisotopic (exact) mass is 237 g/mol. The Hall–Kier alpha value is -1.56. The van der Waals surface area contributed by atoms with Gasteiger partial charge in [-0.25, -0.2) is 0 Å². The van der Waals surface area contributed by atoms with Gasteiger partial charge in [-0.2, -0.15) is 5.10 Å². The number of aryl methyl sites for hydroxylation is 1. The minimum atomic E-state index is -0.174. The van der Waals surface area contributed by atoms with Gasteiger partial charge in [-0.1, -0.05) is 0 Å². The fourth-order valence-corrected chi connectivity index (χ4v) is 2.23. The Morgan fingerprint density at radius 2 is 2.35 bits per heavy atom. The Morgan fingerprint density at radius 1 is 1.53 bits per heavy atom. The molecule has 4 N–H and O–H groups in total. The summed E-state index contributed by atoms with van der Waals surface area (Å²) in [4.78, 5) is 13.3. The summed E-state index contributed by atoms with van der Waals surface area (Å²) in [6, 6.07) is 1.79. The van der Waals surface area contributed by atoms with Crippen LogP contribution in [0.3, 0.4) is 0 Å². The Bertz CT molecular complexity index is 389. The molecule has 1 aromatic heterocycles. The van der Waals surface area contributed by atoms with Crippen molar-refractivity contribution in [1.29, 1.82) is 0 Å². The average Bonchev–Trinajstić information content (AvgIpc) is 2.88. The molecule has 0 bridgehead atoms. The highest BCUT2D eigenvalue weighted by atomic mass is 16.1. The van der Waals surface area contributed by atoms with Crippen molar-refractivity contribution in [2.24, 2.45) is 11.7 Å². The molecule has 1 aliphatic rings. The fourth-order valence-electron chi connectivity index (χ4n) is 2.23. The van der Waals surface area contributed by atoms with Crippen LogP contribution in [0.4, 0.5) is 5.82 Å². The second kappa shape index (κ2) is 5.18. The number of nitrogen functional groups attached to an aromatic ring is 1. The van der Waals surface area contributed by atoms with E-state index in [-0.39, 0.29) is 11.8 Å². The number of nitrogens with two attached hydrogens (primary N) is 2. The maximum atomic E-state index is 11.0. The lowest BCUT2D eigenvalue weighted by Gasteiger charge is -2.14. The van der Waals surface area contributed by atoms with Crippen molar-refractivity contribution in [3.63, 3.8) is 0 Å². The van der Waals surface area contributed by atoms with Crippen LogP contribution in [0, 0.1) is 5.92 Å². The first kappa shape index (κ1) is 11.9. The number of carbonyl (C=O) groups is 1. The largest absolute Gasteiger partial charge is 0.382 e. The number of carbonyl (C=O) groups excluding carboxylic acids is 1. The van der Waals surface area contributed by atoms with E-state index in [1.165, 1.54) is 0 Å². The number of anilines is 1. The van der Waals surface area contributed by atoms with Gasteiger partial charge in [0.1, 0.15) is 5.82 Å². The van der Waals surface area contributed by atoms with Gasteiger partial charge in [-0.05, 0) is 32.0 Å². The van der Waals surface area contributed by atoms with Gasteiger partial charge in [0.25, 0.3) is 0 Å². The first-order valence-corrected chi connectivity index (χ1v) is 5.96. The van der Waals surface area contributed by atoms with Crippen LogP contribution in [0.2, 0.25) is 0 Å². The van der Waals surface area contributed by atoms with Gasteiger partial charge < -0.3 is 16.4 Å². The lowest BCUT2D eigenvalue weighted by Crippen LogP contribution is -2.28. The van der Waals surface area contributed by atoms with E-state index in [1.54, 1.807) is 6.07 Å². The second-order valence-corrected chi connectivity index (χ2v) is 4.55. The SMILES string of the molecule is NC(=O)C1CCN(CCCn2ccc(N)n2)C1. The minimum Gasteiger partial charge on any atom is -0.382 e. The van der Waals surface area contributed by atoms with Gasteiger partial charge in [0.2, 0.25) is 5.91 Å². The standard InChI is InChI=1S/C11H19N5O/c12-10-3-7-16(14-10)5-1-4-15-6-2-9(8-15)11(13)17/h3,7,9H,1-2,4-6,8H2,(H2,12,14)(H2,13,17). The Kier molecular flexibility index (Phi) is 3.63. The van der Waals surface area contributed by atoms with Crippen molar-refractivity contribution in [3.05, 3.63) is 12.3 Å². The zero-order chi connectivity index (χ0) is 12.3. The zero-order valence-corrected chi connectivity index (χ0v) is 9.88. The van der Waals surface area contributed by atoms with Crippen molar-refractivity contribution >= 4 is 11.7 Å². The number of aromatic nitrogens is 2. The van der Waals surface area contributed by atoms with Gasteiger partial charge in [0.05, 0.1) is 5.92 Å². The molecule has 0 spiro atoms. The summed E-state index contributed by atoms with van der Waals surface area (Å²) < 4.78 is 1.84. The van der Waals surface area contributed by atoms with Crippen LogP contribution in [-0.4, -0.2) is 40.2 Å². The van der Waals surface area contributed by atoms with Crippen molar-refractivity contribution < 1.29 is 4.79 Å². The van der Waals surface area contributed by atoms with Crippen LogP contribution < -0.4 is 11.5 Å². The number of amides is 1. The summed E-state index contributed by atoms with van der Waals surface area (Å²) >= 11 is 0. The molecule has 1 aromatic rings. The third-order valence-corrected chi connectivity index (χ3v) is 3.20. The lowest BCUT2D eigenvalue weighted by molar-refractivity contribution is -0.121. The molecule has 0 aromatic carbocycles. The molecule has 1 aliphatic heterocycles. The summed E-state index contributed by atoms with van der Waals surface area (Å²) in [6.07, 6.45) is 3.78. The van der Waals surface area contributed by atoms with Crippen LogP contribution >= 0.6 is 0 Å². The molecule has 0 saturated carbocycles. The summed E-state index contributed by atoms with van der Waals surface area (Å²) in [5, 5.41) is 4.12. The number of hydrogen-bond acceptors (Lipinski definition) is 4. The quantitative estimate of drug-likeness (QED) is 0.733. The zero-order valence-electron chi connectivity index (χ0n) is 9.88. The van der Waals surface area contributed by atoms with E-state index in [4.69, 9.17) is 11.5 Å². The maximum Gasteiger partial charge on any atom is 0.221 e. The second-order valence-electron chi connectivity index (χ2n) is 4.55. The number of likely N-dealkylation sites (tertiary alicyclic amines) is 1. The van der Waals surface area contributed by atoms with Gasteiger partial charge in [0.15, 0.2) is 0 Å². The Balaban J connectivity index is 1.68. The molecule has 1 saturated heterocycles.